The van der Waals surface area contributed by atoms with Gasteiger partial charge >= 0.3 is 110 Å². The van der Waals surface area contributed by atoms with Crippen molar-refractivity contribution in [1.82, 2.24) is 0 Å². The quantitative estimate of drug-likeness (QED) is 0.548. The average molecular weight is 299 g/mol. The van der Waals surface area contributed by atoms with Gasteiger partial charge in [0.15, 0.2) is 0 Å². The Hall–Kier alpha value is 0.268. The molecule has 0 amide bonds. The van der Waals surface area contributed by atoms with E-state index in [0.717, 1.165) is 19.6 Å². The zero-order valence-corrected chi connectivity index (χ0v) is 14.0. The first-order valence-electron chi connectivity index (χ1n) is 6.99. The van der Waals surface area contributed by atoms with Crippen molar-refractivity contribution in [2.75, 3.05) is 13.2 Å². The van der Waals surface area contributed by atoms with Crippen LogP contribution >= 0.6 is 0 Å². The van der Waals surface area contributed by atoms with Crippen molar-refractivity contribution in [3.05, 3.63) is 10.4 Å². The predicted molar refractivity (Wildman–Crippen MR) is 77.8 cm³/mol. The van der Waals surface area contributed by atoms with Crippen molar-refractivity contribution in [1.29, 1.82) is 0 Å². The van der Waals surface area contributed by atoms with Crippen LogP contribution in [0.4, 0.5) is 0 Å². The van der Waals surface area contributed by atoms with Crippen LogP contribution in [0.15, 0.2) is 10.4 Å². The van der Waals surface area contributed by atoms with Crippen LogP contribution in [0, 0.1) is 0 Å². The zero-order valence-electron chi connectivity index (χ0n) is 11.9. The van der Waals surface area contributed by atoms with E-state index in [4.69, 9.17) is 9.31 Å². The fourth-order valence-corrected chi connectivity index (χ4v) is 5.50. The maximum absolute atomic E-state index is 5.78. The van der Waals surface area contributed by atoms with E-state index in [1.54, 1.807) is 0 Å². The first kappa shape index (κ1) is 15.3. The Kier molecular flexibility index (Phi) is 6.89. The van der Waals surface area contributed by atoms with E-state index in [2.05, 4.69) is 30.3 Å². The third-order valence-corrected chi connectivity index (χ3v) is 7.68. The Bertz CT molecular complexity index is 242. The van der Waals surface area contributed by atoms with Crippen LogP contribution in [0.1, 0.15) is 39.0 Å². The molecule has 0 aromatic heterocycles. The van der Waals surface area contributed by atoms with E-state index in [1.807, 2.05) is 0 Å². The van der Waals surface area contributed by atoms with Gasteiger partial charge in [0.1, 0.15) is 0 Å². The van der Waals surface area contributed by atoms with Crippen molar-refractivity contribution >= 4 is 20.4 Å². The molecule has 0 N–H and O–H groups in total. The number of unbranched alkanes of at least 4 members (excludes halogenated alkanes) is 3. The molecule has 1 aliphatic rings. The summed E-state index contributed by atoms with van der Waals surface area (Å²) in [6, 6.07) is 0. The molecule has 0 aliphatic carbocycles. The van der Waals surface area contributed by atoms with Crippen molar-refractivity contribution < 1.29 is 9.31 Å². The molecule has 98 valence electrons. The minimum atomic E-state index is -1.83. The predicted octanol–water partition coefficient (Wildman–Crippen LogP) is 3.83. The van der Waals surface area contributed by atoms with Crippen LogP contribution in [0.2, 0.25) is 17.3 Å². The average Bonchev–Trinajstić information content (AvgIpc) is 2.28. The van der Waals surface area contributed by atoms with Gasteiger partial charge in [-0.2, -0.15) is 0 Å². The summed E-state index contributed by atoms with van der Waals surface area (Å²) >= 11 is -1.83. The number of hydrogen-bond donors (Lipinski definition) is 0. The summed E-state index contributed by atoms with van der Waals surface area (Å²) in [5.41, 5.74) is 0. The van der Waals surface area contributed by atoms with E-state index in [1.165, 1.54) is 30.0 Å². The zero-order chi connectivity index (χ0) is 12.7. The molecule has 1 saturated heterocycles. The Morgan fingerprint density at radius 3 is 2.35 bits per heavy atom. The third kappa shape index (κ3) is 5.62. The second-order valence-corrected chi connectivity index (χ2v) is 16.5. The van der Waals surface area contributed by atoms with E-state index < -0.39 is 13.3 Å². The summed E-state index contributed by atoms with van der Waals surface area (Å²) in [5.74, 6) is 7.27. The topological polar surface area (TPSA) is 18.5 Å². The molecular weight excluding hydrogens is 272 g/mol. The summed E-state index contributed by atoms with van der Waals surface area (Å²) in [6.07, 6.45) is 8.56. The molecule has 0 aromatic rings. The van der Waals surface area contributed by atoms with E-state index in [0.29, 0.717) is 0 Å². The van der Waals surface area contributed by atoms with Gasteiger partial charge < -0.3 is 0 Å². The van der Waals surface area contributed by atoms with Gasteiger partial charge in [0, 0.05) is 0 Å². The van der Waals surface area contributed by atoms with Crippen LogP contribution in [0.3, 0.4) is 0 Å². The molecule has 0 saturated carbocycles. The first-order valence-corrected chi connectivity index (χ1v) is 14.3. The van der Waals surface area contributed by atoms with E-state index >= 15 is 0 Å². The molecule has 4 heteroatoms. The van der Waals surface area contributed by atoms with Crippen LogP contribution in [0.25, 0.3) is 0 Å². The Morgan fingerprint density at radius 1 is 1.18 bits per heavy atom. The second kappa shape index (κ2) is 7.65. The van der Waals surface area contributed by atoms with Crippen LogP contribution in [-0.4, -0.2) is 33.6 Å². The van der Waals surface area contributed by atoms with Gasteiger partial charge in [-0.25, -0.2) is 0 Å². The van der Waals surface area contributed by atoms with Crippen molar-refractivity contribution in [3.63, 3.8) is 0 Å². The Labute approximate surface area is 110 Å². The Balaban J connectivity index is 2.59. The molecule has 1 aliphatic heterocycles. The molecule has 1 rings (SSSR count). The van der Waals surface area contributed by atoms with E-state index in [-0.39, 0.29) is 7.12 Å². The fraction of sp³-hybridized carbons (Fsp3) is 0.846. The molecule has 17 heavy (non-hydrogen) atoms. The summed E-state index contributed by atoms with van der Waals surface area (Å²) in [6.45, 7) is 3.96. The minimum absolute atomic E-state index is 0.0228. The molecule has 0 unspecified atom stereocenters. The van der Waals surface area contributed by atoms with Crippen molar-refractivity contribution in [2.45, 2.75) is 56.3 Å². The van der Waals surface area contributed by atoms with Crippen molar-refractivity contribution in [3.8, 4) is 0 Å². The standard InChI is InChI=1S/C13H27BGeO2/c1-5-6-7-8-10-13(15(2,3)4)14-16-11-9-12-17-14/h10H,5-9,11-12H2,1-4H3/b13-10-. The molecule has 2 nitrogen and oxygen atoms in total. The third-order valence-electron chi connectivity index (χ3n) is 3.12. The first-order chi connectivity index (χ1) is 8.05. The summed E-state index contributed by atoms with van der Waals surface area (Å²) in [5, 5.41) is 0. The van der Waals surface area contributed by atoms with Gasteiger partial charge in [0.2, 0.25) is 0 Å². The number of rotatable bonds is 6. The Morgan fingerprint density at radius 2 is 1.82 bits per heavy atom. The molecule has 0 spiro atoms. The van der Waals surface area contributed by atoms with Crippen LogP contribution < -0.4 is 0 Å². The summed E-state index contributed by atoms with van der Waals surface area (Å²) < 4.78 is 13.1. The molecule has 0 bridgehead atoms. The molecule has 1 heterocycles. The maximum atomic E-state index is 5.78. The molecular formula is C13H27BGeO2. The molecule has 0 atom stereocenters. The van der Waals surface area contributed by atoms with Gasteiger partial charge in [-0.3, -0.25) is 0 Å². The van der Waals surface area contributed by atoms with Crippen molar-refractivity contribution in [2.24, 2.45) is 0 Å². The van der Waals surface area contributed by atoms with Gasteiger partial charge in [0.25, 0.3) is 0 Å². The van der Waals surface area contributed by atoms with Crippen LogP contribution in [0.5, 0.6) is 0 Å². The molecule has 0 radical (unpaired) electrons. The number of hydrogen-bond acceptors (Lipinski definition) is 2. The summed E-state index contributed by atoms with van der Waals surface area (Å²) in [4.78, 5) is 0. The fourth-order valence-electron chi connectivity index (χ4n) is 2.08. The number of allylic oxidation sites excluding steroid dienone is 1. The second-order valence-electron chi connectivity index (χ2n) is 5.83. The van der Waals surface area contributed by atoms with Gasteiger partial charge in [0.05, 0.1) is 0 Å². The monoisotopic (exact) mass is 300 g/mol. The molecule has 1 fully saturated rings. The van der Waals surface area contributed by atoms with Crippen LogP contribution in [-0.2, 0) is 9.31 Å². The molecule has 0 aromatic carbocycles. The SMILES string of the molecule is CCCCC/C=[C](/B1OCCCO1)[Ge]([CH3])([CH3])[CH3]. The van der Waals surface area contributed by atoms with Gasteiger partial charge in [-0.05, 0) is 0 Å². The van der Waals surface area contributed by atoms with Gasteiger partial charge in [-0.1, -0.05) is 0 Å². The van der Waals surface area contributed by atoms with E-state index in [9.17, 15) is 0 Å². The normalized spacial score (nSPS) is 18.6. The summed E-state index contributed by atoms with van der Waals surface area (Å²) in [7, 11) is -0.0228. The van der Waals surface area contributed by atoms with Gasteiger partial charge in [-0.15, -0.1) is 0 Å².